The fraction of sp³-hybridized carbons (Fsp3) is 0.350. The first-order valence-electron chi connectivity index (χ1n) is 9.09. The van der Waals surface area contributed by atoms with E-state index in [-0.39, 0.29) is 23.8 Å². The largest absolute Gasteiger partial charge is 0.480 e. The number of hydrogen-bond donors (Lipinski definition) is 2. The number of carboxylic acid groups (broad SMARTS) is 1. The van der Waals surface area contributed by atoms with Crippen molar-refractivity contribution >= 4 is 23.6 Å². The van der Waals surface area contributed by atoms with E-state index in [0.717, 1.165) is 12.1 Å². The highest BCUT2D eigenvalue weighted by Gasteiger charge is 2.61. The number of fused-ring (bicyclic) bond motifs is 1. The molecule has 0 saturated carbocycles. The third-order valence-corrected chi connectivity index (χ3v) is 6.49. The van der Waals surface area contributed by atoms with Crippen LogP contribution in [-0.4, -0.2) is 50.4 Å². The van der Waals surface area contributed by atoms with Crippen LogP contribution in [0.25, 0.3) is 0 Å². The monoisotopic (exact) mass is 401 g/mol. The molecule has 0 radical (unpaired) electrons. The number of β-lactam (4-membered cyclic amide) rings is 1. The molecule has 8 heteroatoms. The molecule has 1 aromatic heterocycles. The number of aliphatic hydroxyl groups excluding tert-OH is 1. The lowest BCUT2D eigenvalue weighted by molar-refractivity contribution is -0.688. The van der Waals surface area contributed by atoms with Crippen LogP contribution in [-0.2, 0) is 16.1 Å². The van der Waals surface area contributed by atoms with Crippen LogP contribution >= 0.6 is 11.8 Å². The maximum absolute atomic E-state index is 12.2. The predicted molar refractivity (Wildman–Crippen MR) is 101 cm³/mol. The van der Waals surface area contributed by atoms with E-state index in [1.54, 1.807) is 0 Å². The minimum absolute atomic E-state index is 0.0918. The van der Waals surface area contributed by atoms with E-state index in [9.17, 15) is 14.7 Å². The number of carbonyl (C=O) groups excluding carboxylic acids is 1. The summed E-state index contributed by atoms with van der Waals surface area (Å²) in [6.07, 6.45) is 4.32. The number of aromatic nitrogens is 1. The van der Waals surface area contributed by atoms with Crippen LogP contribution in [0.5, 0.6) is 5.75 Å². The molecule has 0 spiro atoms. The number of benzene rings is 1. The normalized spacial score (nSPS) is 25.9. The van der Waals surface area contributed by atoms with Crippen molar-refractivity contribution in [3.05, 3.63) is 60.4 Å². The number of pyridine rings is 1. The zero-order valence-electron chi connectivity index (χ0n) is 15.0. The number of thioether (sulfide) groups is 1. The molecule has 3 heterocycles. The summed E-state index contributed by atoms with van der Waals surface area (Å²) >= 11 is 1.34. The summed E-state index contributed by atoms with van der Waals surface area (Å²) in [5.41, 5.74) is 0.420. The van der Waals surface area contributed by atoms with Gasteiger partial charge in [0.15, 0.2) is 30.4 Å². The Morgan fingerprint density at radius 1 is 1.18 bits per heavy atom. The highest BCUT2D eigenvalue weighted by Crippen LogP contribution is 2.49. The Morgan fingerprint density at radius 2 is 1.89 bits per heavy atom. The molecule has 0 bridgehead atoms. The van der Waals surface area contributed by atoms with Gasteiger partial charge in [0.05, 0.1) is 11.3 Å². The van der Waals surface area contributed by atoms with Gasteiger partial charge in [0.2, 0.25) is 5.91 Å². The summed E-state index contributed by atoms with van der Waals surface area (Å²) in [4.78, 5) is 25.3. The summed E-state index contributed by atoms with van der Waals surface area (Å²) in [5.74, 6) is -1.07. The zero-order chi connectivity index (χ0) is 19.7. The molecule has 4 atom stereocenters. The molecule has 146 valence electrons. The van der Waals surface area contributed by atoms with Crippen molar-refractivity contribution < 1.29 is 29.1 Å². The second kappa shape index (κ2) is 7.81. The van der Waals surface area contributed by atoms with Gasteiger partial charge in [0.1, 0.15) is 5.75 Å². The molecular weight excluding hydrogens is 380 g/mol. The highest BCUT2D eigenvalue weighted by molar-refractivity contribution is 8.00. The Hall–Kier alpha value is -2.58. The van der Waals surface area contributed by atoms with Crippen molar-refractivity contribution in [3.8, 4) is 5.75 Å². The van der Waals surface area contributed by atoms with Crippen molar-refractivity contribution in [2.24, 2.45) is 5.92 Å². The van der Waals surface area contributed by atoms with E-state index in [1.807, 2.05) is 54.9 Å². The van der Waals surface area contributed by atoms with Crippen LogP contribution < -0.4 is 9.30 Å². The van der Waals surface area contributed by atoms with Crippen molar-refractivity contribution in [2.45, 2.75) is 29.8 Å². The first-order valence-corrected chi connectivity index (χ1v) is 10.0. The van der Waals surface area contributed by atoms with Crippen LogP contribution in [0.3, 0.4) is 0 Å². The second-order valence-corrected chi connectivity index (χ2v) is 8.07. The first kappa shape index (κ1) is 18.8. The Kier molecular flexibility index (Phi) is 5.23. The van der Waals surface area contributed by atoms with Gasteiger partial charge in [-0.25, -0.2) is 9.36 Å². The van der Waals surface area contributed by atoms with Gasteiger partial charge < -0.3 is 19.8 Å². The van der Waals surface area contributed by atoms with Crippen molar-refractivity contribution in [1.82, 2.24) is 4.90 Å². The minimum atomic E-state index is -1.08. The van der Waals surface area contributed by atoms with Crippen LogP contribution in [0.15, 0.2) is 54.9 Å². The van der Waals surface area contributed by atoms with E-state index < -0.39 is 17.4 Å². The predicted octanol–water partition coefficient (Wildman–Crippen LogP) is 1.09. The molecule has 2 aromatic rings. The fourth-order valence-electron chi connectivity index (χ4n) is 3.64. The van der Waals surface area contributed by atoms with E-state index >= 15 is 0 Å². The Morgan fingerprint density at radius 3 is 2.54 bits per heavy atom. The van der Waals surface area contributed by atoms with Gasteiger partial charge >= 0.3 is 5.97 Å². The van der Waals surface area contributed by atoms with Gasteiger partial charge in [0.25, 0.3) is 0 Å². The van der Waals surface area contributed by atoms with Gasteiger partial charge in [0, 0.05) is 24.3 Å². The fourth-order valence-corrected chi connectivity index (χ4v) is 5.29. The first-order chi connectivity index (χ1) is 13.6. The van der Waals surface area contributed by atoms with Gasteiger partial charge in [-0.3, -0.25) is 4.79 Å². The number of rotatable bonds is 7. The van der Waals surface area contributed by atoms with Crippen LogP contribution in [0.2, 0.25) is 0 Å². The van der Waals surface area contributed by atoms with Crippen molar-refractivity contribution in [2.75, 3.05) is 6.61 Å². The number of amides is 1. The Balaban J connectivity index is 1.44. The summed E-state index contributed by atoms with van der Waals surface area (Å²) in [5, 5.41) is 18.5. The number of aliphatic hydroxyl groups is 1. The number of carboxylic acids is 1. The number of aliphatic carboxylic acids is 1. The molecule has 2 aliphatic rings. The summed E-state index contributed by atoms with van der Waals surface area (Å²) in [6.45, 7) is 0.635. The number of ether oxygens (including phenoxy) is 1. The summed E-state index contributed by atoms with van der Waals surface area (Å²) in [7, 11) is 0. The lowest BCUT2D eigenvalue weighted by Crippen LogP contribution is -2.62. The molecule has 2 N–H and O–H groups in total. The number of carbonyl (C=O) groups is 2. The Bertz CT molecular complexity index is 861. The van der Waals surface area contributed by atoms with E-state index in [0.29, 0.717) is 12.2 Å². The topological polar surface area (TPSA) is 91.0 Å². The molecule has 7 nitrogen and oxygen atoms in total. The lowest BCUT2D eigenvalue weighted by Gasteiger charge is -2.42. The van der Waals surface area contributed by atoms with Gasteiger partial charge in [-0.15, -0.1) is 0 Å². The quantitative estimate of drug-likeness (QED) is 0.533. The average molecular weight is 401 g/mol. The maximum atomic E-state index is 12.2. The van der Waals surface area contributed by atoms with Gasteiger partial charge in [-0.05, 0) is 30.7 Å². The van der Waals surface area contributed by atoms with Crippen LogP contribution in [0, 0.1) is 5.92 Å². The molecule has 0 aliphatic carbocycles. The molecule has 1 amide bonds. The molecule has 4 rings (SSSR count). The average Bonchev–Trinajstić information content (AvgIpc) is 3.03. The minimum Gasteiger partial charge on any atom is -0.480 e. The second-order valence-electron chi connectivity index (χ2n) is 6.85. The SMILES string of the molecule is O=C(O)C1C(Oc2ccc(C[n+]3ccccc3)cc2)SC2[C@@H](CCO)C(=O)N12. The third-order valence-electron chi connectivity index (χ3n) is 5.03. The van der Waals surface area contributed by atoms with Gasteiger partial charge in [-0.2, -0.15) is 0 Å². The Labute approximate surface area is 166 Å². The van der Waals surface area contributed by atoms with E-state index in [2.05, 4.69) is 4.57 Å². The lowest BCUT2D eigenvalue weighted by atomic mass is 9.93. The highest BCUT2D eigenvalue weighted by atomic mass is 32.2. The summed E-state index contributed by atoms with van der Waals surface area (Å²) in [6, 6.07) is 12.4. The molecule has 2 fully saturated rings. The molecular formula is C20H21N2O5S+. The van der Waals surface area contributed by atoms with Gasteiger partial charge in [-0.1, -0.05) is 17.8 Å². The molecule has 1 aromatic carbocycles. The van der Waals surface area contributed by atoms with Crippen LogP contribution in [0.4, 0.5) is 0 Å². The van der Waals surface area contributed by atoms with Crippen molar-refractivity contribution in [3.63, 3.8) is 0 Å². The molecule has 28 heavy (non-hydrogen) atoms. The number of nitrogens with zero attached hydrogens (tertiary/aromatic N) is 2. The smallest absolute Gasteiger partial charge is 0.331 e. The van der Waals surface area contributed by atoms with E-state index in [4.69, 9.17) is 9.84 Å². The zero-order valence-corrected chi connectivity index (χ0v) is 15.9. The summed E-state index contributed by atoms with van der Waals surface area (Å²) < 4.78 is 7.99. The van der Waals surface area contributed by atoms with Crippen molar-refractivity contribution in [1.29, 1.82) is 0 Å². The third kappa shape index (κ3) is 3.45. The van der Waals surface area contributed by atoms with Crippen LogP contribution in [0.1, 0.15) is 12.0 Å². The molecule has 2 saturated heterocycles. The maximum Gasteiger partial charge on any atom is 0.331 e. The standard InChI is InChI=1S/C20H20N2O5S/c23-11-8-15-17(24)22-16(19(25)26)20(28-18(15)22)27-14-6-4-13(5-7-14)12-21-9-2-1-3-10-21/h1-7,9-10,15-16,18,20,23H,8,11-12H2/p+1/t15-,16?,18?,20?/m0/s1. The van der Waals surface area contributed by atoms with E-state index in [1.165, 1.54) is 16.7 Å². The molecule has 2 aliphatic heterocycles. The molecule has 3 unspecified atom stereocenters. The number of hydrogen-bond acceptors (Lipinski definition) is 5.